The van der Waals surface area contributed by atoms with Crippen molar-refractivity contribution in [2.75, 3.05) is 32.5 Å². The second-order valence-electron chi connectivity index (χ2n) is 5.31. The molecule has 0 aliphatic rings. The first-order valence-corrected chi connectivity index (χ1v) is 6.67. The largest absolute Gasteiger partial charge is 0.338 e. The minimum absolute atomic E-state index is 0.131. The minimum Gasteiger partial charge on any atom is -0.338 e. The molecule has 0 fully saturated rings. The third-order valence-electron chi connectivity index (χ3n) is 2.98. The summed E-state index contributed by atoms with van der Waals surface area (Å²) < 4.78 is 0. The Labute approximate surface area is 116 Å². The van der Waals surface area contributed by atoms with Gasteiger partial charge in [0.2, 0.25) is 0 Å². The van der Waals surface area contributed by atoms with Crippen molar-refractivity contribution in [3.05, 3.63) is 28.8 Å². The minimum atomic E-state index is -0.131. The van der Waals surface area contributed by atoms with E-state index < -0.39 is 0 Å². The lowest BCUT2D eigenvalue weighted by Crippen LogP contribution is -2.31. The fourth-order valence-corrected chi connectivity index (χ4v) is 2.13. The normalized spacial score (nSPS) is 10.6. The molecule has 0 aliphatic heterocycles. The van der Waals surface area contributed by atoms with Crippen LogP contribution in [0.3, 0.4) is 0 Å². The lowest BCUT2D eigenvalue weighted by atomic mass is 10.1. The average molecular weight is 263 g/mol. The van der Waals surface area contributed by atoms with Gasteiger partial charge in [0, 0.05) is 12.2 Å². The fourth-order valence-electron chi connectivity index (χ4n) is 2.13. The molecule has 0 atom stereocenters. The zero-order chi connectivity index (χ0) is 14.4. The second kappa shape index (κ2) is 7.14. The molecule has 2 N–H and O–H groups in total. The molecule has 0 saturated carbocycles. The number of anilines is 1. The molecule has 4 nitrogen and oxygen atoms in total. The molecular weight excluding hydrogens is 238 g/mol. The van der Waals surface area contributed by atoms with Crippen molar-refractivity contribution in [2.24, 2.45) is 0 Å². The number of rotatable bonds is 5. The Bertz CT molecular complexity index is 418. The van der Waals surface area contributed by atoms with Crippen LogP contribution in [0.5, 0.6) is 0 Å². The van der Waals surface area contributed by atoms with Crippen LogP contribution in [0.25, 0.3) is 0 Å². The fraction of sp³-hybridized carbons (Fsp3) is 0.533. The summed E-state index contributed by atoms with van der Waals surface area (Å²) in [7, 11) is 4.05. The van der Waals surface area contributed by atoms with Crippen LogP contribution in [0.2, 0.25) is 0 Å². The van der Waals surface area contributed by atoms with E-state index in [0.717, 1.165) is 29.8 Å². The number of nitrogens with zero attached hydrogens (tertiary/aromatic N) is 1. The van der Waals surface area contributed by atoms with Crippen LogP contribution in [-0.4, -0.2) is 38.1 Å². The van der Waals surface area contributed by atoms with Gasteiger partial charge in [-0.1, -0.05) is 17.7 Å². The Morgan fingerprint density at radius 2 is 1.74 bits per heavy atom. The quantitative estimate of drug-likeness (QED) is 0.802. The number of nitrogens with one attached hydrogen (secondary N) is 2. The third-order valence-corrected chi connectivity index (χ3v) is 2.98. The van der Waals surface area contributed by atoms with Gasteiger partial charge in [-0.05, 0) is 59.0 Å². The highest BCUT2D eigenvalue weighted by atomic mass is 16.2. The van der Waals surface area contributed by atoms with Crippen LogP contribution >= 0.6 is 0 Å². The maximum Gasteiger partial charge on any atom is 0.319 e. The van der Waals surface area contributed by atoms with Crippen LogP contribution in [0.4, 0.5) is 10.5 Å². The molecule has 0 bridgehead atoms. The number of urea groups is 1. The van der Waals surface area contributed by atoms with E-state index in [-0.39, 0.29) is 6.03 Å². The number of hydrogen-bond acceptors (Lipinski definition) is 2. The lowest BCUT2D eigenvalue weighted by molar-refractivity contribution is 0.251. The summed E-state index contributed by atoms with van der Waals surface area (Å²) >= 11 is 0. The summed E-state index contributed by atoms with van der Waals surface area (Å²) in [5.41, 5.74) is 4.32. The van der Waals surface area contributed by atoms with Gasteiger partial charge in [0.15, 0.2) is 0 Å². The van der Waals surface area contributed by atoms with E-state index in [1.165, 1.54) is 5.56 Å². The number of carbonyl (C=O) groups is 1. The molecular formula is C15H25N3O. The SMILES string of the molecule is Cc1cc(C)c(NC(=O)NCCCN(C)C)c(C)c1. The van der Waals surface area contributed by atoms with Crippen LogP contribution < -0.4 is 10.6 Å². The zero-order valence-electron chi connectivity index (χ0n) is 12.6. The Hall–Kier alpha value is -1.55. The van der Waals surface area contributed by atoms with Crippen LogP contribution in [0, 0.1) is 20.8 Å². The van der Waals surface area contributed by atoms with E-state index in [2.05, 4.69) is 34.6 Å². The van der Waals surface area contributed by atoms with E-state index in [1.807, 2.05) is 27.9 Å². The van der Waals surface area contributed by atoms with E-state index in [9.17, 15) is 4.79 Å². The van der Waals surface area contributed by atoms with Gasteiger partial charge in [-0.25, -0.2) is 4.79 Å². The number of carbonyl (C=O) groups excluding carboxylic acids is 1. The summed E-state index contributed by atoms with van der Waals surface area (Å²) in [5, 5.41) is 5.81. The molecule has 19 heavy (non-hydrogen) atoms. The first-order valence-electron chi connectivity index (χ1n) is 6.67. The number of amides is 2. The molecule has 0 spiro atoms. The Morgan fingerprint density at radius 1 is 1.16 bits per heavy atom. The van der Waals surface area contributed by atoms with Crippen molar-refractivity contribution >= 4 is 11.7 Å². The van der Waals surface area contributed by atoms with Gasteiger partial charge >= 0.3 is 6.03 Å². The highest BCUT2D eigenvalue weighted by Gasteiger charge is 2.07. The molecule has 2 amide bonds. The lowest BCUT2D eigenvalue weighted by Gasteiger charge is -2.14. The maximum absolute atomic E-state index is 11.8. The molecule has 1 aromatic rings. The summed E-state index contributed by atoms with van der Waals surface area (Å²) in [6.07, 6.45) is 0.951. The molecule has 0 aliphatic carbocycles. The Balaban J connectivity index is 2.49. The van der Waals surface area contributed by atoms with E-state index in [1.54, 1.807) is 0 Å². The van der Waals surface area contributed by atoms with Gasteiger partial charge in [0.1, 0.15) is 0 Å². The zero-order valence-corrected chi connectivity index (χ0v) is 12.6. The highest BCUT2D eigenvalue weighted by molar-refractivity contribution is 5.91. The van der Waals surface area contributed by atoms with Gasteiger partial charge in [-0.15, -0.1) is 0 Å². The van der Waals surface area contributed by atoms with E-state index in [0.29, 0.717) is 6.54 Å². The van der Waals surface area contributed by atoms with Crippen molar-refractivity contribution < 1.29 is 4.79 Å². The predicted octanol–water partition coefficient (Wildman–Crippen LogP) is 2.69. The van der Waals surface area contributed by atoms with Crippen LogP contribution in [-0.2, 0) is 0 Å². The molecule has 0 saturated heterocycles. The van der Waals surface area contributed by atoms with Gasteiger partial charge in [-0.2, -0.15) is 0 Å². The van der Waals surface area contributed by atoms with Crippen LogP contribution in [0.15, 0.2) is 12.1 Å². The molecule has 0 heterocycles. The molecule has 4 heteroatoms. The topological polar surface area (TPSA) is 44.4 Å². The smallest absolute Gasteiger partial charge is 0.319 e. The number of hydrogen-bond donors (Lipinski definition) is 2. The number of benzene rings is 1. The van der Waals surface area contributed by atoms with Crippen molar-refractivity contribution in [3.63, 3.8) is 0 Å². The monoisotopic (exact) mass is 263 g/mol. The Morgan fingerprint density at radius 3 is 2.26 bits per heavy atom. The Kier molecular flexibility index (Phi) is 5.83. The number of aryl methyl sites for hydroxylation is 3. The summed E-state index contributed by atoms with van der Waals surface area (Å²) in [6, 6.07) is 4.03. The highest BCUT2D eigenvalue weighted by Crippen LogP contribution is 2.21. The van der Waals surface area contributed by atoms with Gasteiger partial charge in [-0.3, -0.25) is 0 Å². The van der Waals surface area contributed by atoms with Crippen molar-refractivity contribution in [3.8, 4) is 0 Å². The van der Waals surface area contributed by atoms with Crippen molar-refractivity contribution in [1.82, 2.24) is 10.2 Å². The first kappa shape index (κ1) is 15.5. The van der Waals surface area contributed by atoms with Crippen LogP contribution in [0.1, 0.15) is 23.1 Å². The molecule has 0 aromatic heterocycles. The third kappa shape index (κ3) is 5.30. The summed E-state index contributed by atoms with van der Waals surface area (Å²) in [5.74, 6) is 0. The molecule has 1 aromatic carbocycles. The van der Waals surface area contributed by atoms with Crippen molar-refractivity contribution in [2.45, 2.75) is 27.2 Å². The second-order valence-corrected chi connectivity index (χ2v) is 5.31. The van der Waals surface area contributed by atoms with Crippen molar-refractivity contribution in [1.29, 1.82) is 0 Å². The molecule has 0 radical (unpaired) electrons. The predicted molar refractivity (Wildman–Crippen MR) is 80.8 cm³/mol. The first-order chi connectivity index (χ1) is 8.90. The van der Waals surface area contributed by atoms with Gasteiger partial charge in [0.05, 0.1) is 0 Å². The average Bonchev–Trinajstić information content (AvgIpc) is 2.29. The van der Waals surface area contributed by atoms with Gasteiger partial charge in [0.25, 0.3) is 0 Å². The standard InChI is InChI=1S/C15H25N3O/c1-11-9-12(2)14(13(3)10-11)17-15(19)16-7-6-8-18(4)5/h9-10H,6-8H2,1-5H3,(H2,16,17,19). The van der Waals surface area contributed by atoms with Gasteiger partial charge < -0.3 is 15.5 Å². The van der Waals surface area contributed by atoms with E-state index >= 15 is 0 Å². The molecule has 0 unspecified atom stereocenters. The summed E-state index contributed by atoms with van der Waals surface area (Å²) in [4.78, 5) is 13.9. The van der Waals surface area contributed by atoms with E-state index in [4.69, 9.17) is 0 Å². The molecule has 106 valence electrons. The summed E-state index contributed by atoms with van der Waals surface area (Å²) in [6.45, 7) is 7.76. The molecule has 1 rings (SSSR count). The maximum atomic E-state index is 11.8.